The lowest BCUT2D eigenvalue weighted by molar-refractivity contribution is -0.384. The maximum atomic E-state index is 14.3. The maximum Gasteiger partial charge on any atom is 0.270 e. The molecule has 0 N–H and O–H groups in total. The van der Waals surface area contributed by atoms with Crippen LogP contribution < -0.4 is 0 Å². The highest BCUT2D eigenvalue weighted by molar-refractivity contribution is 7.99. The van der Waals surface area contributed by atoms with Crippen molar-refractivity contribution in [1.82, 2.24) is 19.5 Å². The first-order chi connectivity index (χ1) is 16.5. The smallest absolute Gasteiger partial charge is 0.270 e. The third kappa shape index (κ3) is 4.24. The SMILES string of the molecule is O=C(c1cc([N+](=O)[O-])ccc1Sc1ccccc1F)N1CCCC(c2nnc3ccccn23)C1. The number of halogens is 1. The number of hydrogen-bond acceptors (Lipinski definition) is 6. The van der Waals surface area contributed by atoms with E-state index in [1.807, 2.05) is 28.8 Å². The maximum absolute atomic E-state index is 14.3. The molecule has 1 fully saturated rings. The van der Waals surface area contributed by atoms with Gasteiger partial charge < -0.3 is 4.90 Å². The van der Waals surface area contributed by atoms with Crippen molar-refractivity contribution in [3.05, 3.63) is 94.2 Å². The normalized spacial score (nSPS) is 16.0. The van der Waals surface area contributed by atoms with Crippen molar-refractivity contribution in [3.8, 4) is 0 Å². The molecule has 0 aliphatic carbocycles. The van der Waals surface area contributed by atoms with E-state index in [-0.39, 0.29) is 23.1 Å². The van der Waals surface area contributed by atoms with Gasteiger partial charge in [0.15, 0.2) is 5.65 Å². The molecule has 3 heterocycles. The standard InChI is InChI=1S/C24H20FN5O3S/c25-19-7-1-2-8-21(19)34-20-11-10-17(30(32)33)14-18(20)24(31)28-12-5-6-16(15-28)23-27-26-22-9-3-4-13-29(22)23/h1-4,7-11,13-14,16H,5-6,12,15H2. The Balaban J connectivity index is 1.46. The number of nitro groups is 1. The zero-order chi connectivity index (χ0) is 23.7. The fourth-order valence-electron chi connectivity index (χ4n) is 4.21. The molecule has 0 saturated carbocycles. The number of nitrogens with zero attached hydrogens (tertiary/aromatic N) is 5. The lowest BCUT2D eigenvalue weighted by atomic mass is 9.96. The van der Waals surface area contributed by atoms with Gasteiger partial charge in [0.25, 0.3) is 11.6 Å². The van der Waals surface area contributed by atoms with Gasteiger partial charge in [-0.25, -0.2) is 4.39 Å². The molecule has 0 spiro atoms. The first-order valence-corrected chi connectivity index (χ1v) is 11.6. The van der Waals surface area contributed by atoms with Crippen LogP contribution in [0.15, 0.2) is 76.7 Å². The van der Waals surface area contributed by atoms with Crippen LogP contribution in [0.3, 0.4) is 0 Å². The second-order valence-electron chi connectivity index (χ2n) is 8.05. The quantitative estimate of drug-likeness (QED) is 0.298. The highest BCUT2D eigenvalue weighted by atomic mass is 32.2. The number of rotatable bonds is 5. The molecule has 1 saturated heterocycles. The number of aromatic nitrogens is 3. The van der Waals surface area contributed by atoms with Crippen LogP contribution in [-0.2, 0) is 0 Å². The molecule has 34 heavy (non-hydrogen) atoms. The fourth-order valence-corrected chi connectivity index (χ4v) is 5.16. The van der Waals surface area contributed by atoms with E-state index in [0.29, 0.717) is 22.9 Å². The van der Waals surface area contributed by atoms with Gasteiger partial charge in [-0.3, -0.25) is 19.3 Å². The second kappa shape index (κ2) is 9.22. The number of hydrogen-bond donors (Lipinski definition) is 0. The summed E-state index contributed by atoms with van der Waals surface area (Å²) in [5, 5.41) is 20.0. The van der Waals surface area contributed by atoms with Crippen LogP contribution in [0.25, 0.3) is 5.65 Å². The highest BCUT2D eigenvalue weighted by Gasteiger charge is 2.30. The minimum absolute atomic E-state index is 0.0172. The van der Waals surface area contributed by atoms with Gasteiger partial charge in [0.1, 0.15) is 11.6 Å². The fraction of sp³-hybridized carbons (Fsp3) is 0.208. The molecule has 1 aliphatic rings. The highest BCUT2D eigenvalue weighted by Crippen LogP contribution is 2.36. The minimum Gasteiger partial charge on any atom is -0.338 e. The van der Waals surface area contributed by atoms with Crippen LogP contribution in [0, 0.1) is 15.9 Å². The van der Waals surface area contributed by atoms with E-state index in [2.05, 4.69) is 10.2 Å². The minimum atomic E-state index is -0.532. The number of carbonyl (C=O) groups excluding carboxylic acids is 1. The largest absolute Gasteiger partial charge is 0.338 e. The molecule has 10 heteroatoms. The topological polar surface area (TPSA) is 93.6 Å². The summed E-state index contributed by atoms with van der Waals surface area (Å²) in [6.07, 6.45) is 3.52. The predicted octanol–water partition coefficient (Wildman–Crippen LogP) is 4.95. The Kier molecular flexibility index (Phi) is 5.97. The van der Waals surface area contributed by atoms with Crippen LogP contribution in [-0.4, -0.2) is 43.4 Å². The molecule has 1 atom stereocenters. The van der Waals surface area contributed by atoms with Crippen molar-refractivity contribution < 1.29 is 14.1 Å². The van der Waals surface area contributed by atoms with E-state index < -0.39 is 10.7 Å². The lowest BCUT2D eigenvalue weighted by Gasteiger charge is -2.32. The van der Waals surface area contributed by atoms with Crippen LogP contribution in [0.1, 0.15) is 34.9 Å². The summed E-state index contributed by atoms with van der Waals surface area (Å²) >= 11 is 1.08. The van der Waals surface area contributed by atoms with E-state index in [0.717, 1.165) is 36.1 Å². The van der Waals surface area contributed by atoms with Crippen LogP contribution in [0.5, 0.6) is 0 Å². The van der Waals surface area contributed by atoms with Crippen molar-refractivity contribution >= 4 is 29.0 Å². The van der Waals surface area contributed by atoms with Crippen LogP contribution >= 0.6 is 11.8 Å². The van der Waals surface area contributed by atoms with Crippen molar-refractivity contribution in [1.29, 1.82) is 0 Å². The van der Waals surface area contributed by atoms with Gasteiger partial charge in [0, 0.05) is 47.1 Å². The van der Waals surface area contributed by atoms with E-state index in [1.165, 1.54) is 24.3 Å². The molecular weight excluding hydrogens is 457 g/mol. The summed E-state index contributed by atoms with van der Waals surface area (Å²) in [7, 11) is 0. The van der Waals surface area contributed by atoms with Crippen molar-refractivity contribution in [2.45, 2.75) is 28.6 Å². The molecule has 0 radical (unpaired) electrons. The van der Waals surface area contributed by atoms with Crippen molar-refractivity contribution in [2.24, 2.45) is 0 Å². The summed E-state index contributed by atoms with van der Waals surface area (Å²) in [5.74, 6) is 0.0339. The summed E-state index contributed by atoms with van der Waals surface area (Å²) < 4.78 is 16.2. The summed E-state index contributed by atoms with van der Waals surface area (Å²) in [6.45, 7) is 0.944. The van der Waals surface area contributed by atoms with E-state index >= 15 is 0 Å². The van der Waals surface area contributed by atoms with Crippen molar-refractivity contribution in [2.75, 3.05) is 13.1 Å². The molecule has 5 rings (SSSR count). The average molecular weight is 478 g/mol. The Morgan fingerprint density at radius 1 is 1.09 bits per heavy atom. The molecule has 2 aromatic carbocycles. The molecular formula is C24H20FN5O3S. The van der Waals surface area contributed by atoms with Crippen LogP contribution in [0.4, 0.5) is 10.1 Å². The monoisotopic (exact) mass is 477 g/mol. The Bertz CT molecular complexity index is 1390. The van der Waals surface area contributed by atoms with E-state index in [1.54, 1.807) is 23.1 Å². The number of carbonyl (C=O) groups is 1. The zero-order valence-corrected chi connectivity index (χ0v) is 18.8. The van der Waals surface area contributed by atoms with Gasteiger partial charge in [-0.2, -0.15) is 0 Å². The van der Waals surface area contributed by atoms with E-state index in [9.17, 15) is 19.3 Å². The third-order valence-corrected chi connectivity index (χ3v) is 7.00. The predicted molar refractivity (Wildman–Crippen MR) is 124 cm³/mol. The van der Waals surface area contributed by atoms with Gasteiger partial charge in [0.05, 0.1) is 10.5 Å². The third-order valence-electron chi connectivity index (χ3n) is 5.87. The Labute approximate surface area is 198 Å². The molecule has 1 aliphatic heterocycles. The van der Waals surface area contributed by atoms with Gasteiger partial charge in [0.2, 0.25) is 0 Å². The van der Waals surface area contributed by atoms with Gasteiger partial charge in [-0.05, 0) is 43.2 Å². The zero-order valence-electron chi connectivity index (χ0n) is 18.0. The molecule has 0 bridgehead atoms. The summed E-state index contributed by atoms with van der Waals surface area (Å²) in [5.41, 5.74) is 0.746. The number of piperidine rings is 1. The summed E-state index contributed by atoms with van der Waals surface area (Å²) in [6, 6.07) is 16.0. The van der Waals surface area contributed by atoms with Gasteiger partial charge in [-0.15, -0.1) is 10.2 Å². The number of fused-ring (bicyclic) bond motifs is 1. The molecule has 4 aromatic rings. The van der Waals surface area contributed by atoms with Gasteiger partial charge >= 0.3 is 0 Å². The number of nitro benzene ring substituents is 1. The van der Waals surface area contributed by atoms with Crippen molar-refractivity contribution in [3.63, 3.8) is 0 Å². The Morgan fingerprint density at radius 2 is 1.91 bits per heavy atom. The summed E-state index contributed by atoms with van der Waals surface area (Å²) in [4.78, 5) is 27.0. The molecule has 2 aromatic heterocycles. The number of non-ortho nitro benzene ring substituents is 1. The van der Waals surface area contributed by atoms with Crippen LogP contribution in [0.2, 0.25) is 0 Å². The number of pyridine rings is 1. The van der Waals surface area contributed by atoms with Gasteiger partial charge in [-0.1, -0.05) is 30.0 Å². The average Bonchev–Trinajstić information content (AvgIpc) is 3.29. The number of benzene rings is 2. The van der Waals surface area contributed by atoms with E-state index in [4.69, 9.17) is 0 Å². The molecule has 172 valence electrons. The first kappa shape index (κ1) is 22.0. The second-order valence-corrected chi connectivity index (χ2v) is 9.13. The number of likely N-dealkylation sites (tertiary alicyclic amines) is 1. The Hall–Kier alpha value is -3.79. The first-order valence-electron chi connectivity index (χ1n) is 10.8. The lowest BCUT2D eigenvalue weighted by Crippen LogP contribution is -2.39. The number of amides is 1. The Morgan fingerprint density at radius 3 is 2.74 bits per heavy atom. The molecule has 1 amide bonds. The molecule has 1 unspecified atom stereocenters. The molecule has 8 nitrogen and oxygen atoms in total.